The molecule has 1 aliphatic rings. The summed E-state index contributed by atoms with van der Waals surface area (Å²) in [6.07, 6.45) is -2.72. The summed E-state index contributed by atoms with van der Waals surface area (Å²) in [5.41, 5.74) is -0.516. The topological polar surface area (TPSA) is 54.9 Å². The fourth-order valence-electron chi connectivity index (χ4n) is 2.41. The summed E-state index contributed by atoms with van der Waals surface area (Å²) >= 11 is 1.25. The molecular weight excluding hydrogens is 382 g/mol. The van der Waals surface area contributed by atoms with E-state index in [1.165, 1.54) is 23.9 Å². The lowest BCUT2D eigenvalue weighted by atomic mass is 10.2. The van der Waals surface area contributed by atoms with Gasteiger partial charge >= 0.3 is 6.18 Å². The molecule has 1 aromatic carbocycles. The van der Waals surface area contributed by atoms with Gasteiger partial charge in [0.15, 0.2) is 0 Å². The maximum atomic E-state index is 13.0. The number of amides is 1. The molecule has 1 amide bonds. The minimum Gasteiger partial charge on any atom is -0.355 e. The average Bonchev–Trinajstić information content (AvgIpc) is 3.45. The van der Waals surface area contributed by atoms with Crippen molar-refractivity contribution in [2.24, 2.45) is 0 Å². The highest BCUT2D eigenvalue weighted by Gasteiger charge is 2.35. The van der Waals surface area contributed by atoms with E-state index in [0.717, 1.165) is 23.8 Å². The number of aromatic nitrogens is 2. The molecule has 0 atom stereocenters. The smallest absolute Gasteiger partial charge is 0.355 e. The van der Waals surface area contributed by atoms with Crippen LogP contribution in [0.2, 0.25) is 0 Å². The molecule has 9 heteroatoms. The quantitative estimate of drug-likeness (QED) is 0.566. The van der Waals surface area contributed by atoms with Crippen LogP contribution in [0.4, 0.5) is 17.6 Å². The van der Waals surface area contributed by atoms with E-state index < -0.39 is 11.9 Å². The summed E-state index contributed by atoms with van der Waals surface area (Å²) in [5.74, 6) is -0.329. The monoisotopic (exact) mass is 399 g/mol. The first-order valence-corrected chi connectivity index (χ1v) is 9.40. The van der Waals surface area contributed by atoms with Crippen LogP contribution in [0, 0.1) is 5.82 Å². The van der Waals surface area contributed by atoms with Gasteiger partial charge in [0.1, 0.15) is 17.3 Å². The molecule has 1 aliphatic carbocycles. The SMILES string of the molecule is O=C(CSc1ccc(F)cc1)NCCc1nc(C2CC2)cc(C(F)(F)F)n1. The number of hydrogen-bond acceptors (Lipinski definition) is 4. The maximum absolute atomic E-state index is 13.0. The van der Waals surface area contributed by atoms with Crippen LogP contribution in [0.5, 0.6) is 0 Å². The van der Waals surface area contributed by atoms with Crippen LogP contribution < -0.4 is 5.32 Å². The molecule has 144 valence electrons. The van der Waals surface area contributed by atoms with Gasteiger partial charge in [-0.15, -0.1) is 11.8 Å². The number of benzene rings is 1. The molecule has 3 rings (SSSR count). The van der Waals surface area contributed by atoms with Crippen molar-refractivity contribution in [2.75, 3.05) is 12.3 Å². The van der Waals surface area contributed by atoms with E-state index in [2.05, 4.69) is 15.3 Å². The summed E-state index contributed by atoms with van der Waals surface area (Å²) in [4.78, 5) is 20.4. The Bertz CT molecular complexity index is 807. The van der Waals surface area contributed by atoms with Gasteiger partial charge in [-0.3, -0.25) is 4.79 Å². The lowest BCUT2D eigenvalue weighted by Gasteiger charge is -2.10. The van der Waals surface area contributed by atoms with Crippen molar-refractivity contribution in [3.8, 4) is 0 Å². The summed E-state index contributed by atoms with van der Waals surface area (Å²) in [6.45, 7) is 0.147. The zero-order valence-electron chi connectivity index (χ0n) is 14.2. The van der Waals surface area contributed by atoms with E-state index in [0.29, 0.717) is 5.69 Å². The van der Waals surface area contributed by atoms with Gasteiger partial charge in [-0.05, 0) is 43.2 Å². The number of alkyl halides is 3. The molecule has 1 fully saturated rings. The second-order valence-electron chi connectivity index (χ2n) is 6.21. The van der Waals surface area contributed by atoms with Crippen LogP contribution in [0.3, 0.4) is 0 Å². The van der Waals surface area contributed by atoms with Crippen LogP contribution in [0.1, 0.15) is 36.0 Å². The molecule has 1 heterocycles. The number of rotatable bonds is 7. The first-order chi connectivity index (χ1) is 12.8. The van der Waals surface area contributed by atoms with Gasteiger partial charge in [0.25, 0.3) is 0 Å². The van der Waals surface area contributed by atoms with E-state index in [1.54, 1.807) is 12.1 Å². The van der Waals surface area contributed by atoms with Crippen LogP contribution in [-0.2, 0) is 17.4 Å². The third kappa shape index (κ3) is 5.92. The number of nitrogens with zero attached hydrogens (tertiary/aromatic N) is 2. The van der Waals surface area contributed by atoms with Crippen LogP contribution in [0.15, 0.2) is 35.2 Å². The molecule has 4 nitrogen and oxygen atoms in total. The Labute approximate surface area is 157 Å². The zero-order chi connectivity index (χ0) is 19.4. The van der Waals surface area contributed by atoms with Gasteiger partial charge in [0.2, 0.25) is 5.91 Å². The van der Waals surface area contributed by atoms with Crippen molar-refractivity contribution >= 4 is 17.7 Å². The highest BCUT2D eigenvalue weighted by atomic mass is 32.2. The third-order valence-electron chi connectivity index (χ3n) is 3.93. The lowest BCUT2D eigenvalue weighted by molar-refractivity contribution is -0.141. The number of nitrogens with one attached hydrogen (secondary N) is 1. The van der Waals surface area contributed by atoms with Gasteiger partial charge in [-0.2, -0.15) is 13.2 Å². The number of hydrogen-bond donors (Lipinski definition) is 1. The molecule has 1 N–H and O–H groups in total. The lowest BCUT2D eigenvalue weighted by Crippen LogP contribution is -2.28. The van der Waals surface area contributed by atoms with Gasteiger partial charge in [0, 0.05) is 29.5 Å². The fourth-order valence-corrected chi connectivity index (χ4v) is 3.14. The van der Waals surface area contributed by atoms with Crippen molar-refractivity contribution in [2.45, 2.75) is 36.3 Å². The molecule has 1 aromatic heterocycles. The molecule has 0 aliphatic heterocycles. The van der Waals surface area contributed by atoms with Gasteiger partial charge < -0.3 is 5.32 Å². The van der Waals surface area contributed by atoms with Crippen molar-refractivity contribution in [1.82, 2.24) is 15.3 Å². The second kappa shape index (κ2) is 8.24. The average molecular weight is 399 g/mol. The molecular formula is C18H17F4N3OS. The van der Waals surface area contributed by atoms with E-state index >= 15 is 0 Å². The van der Waals surface area contributed by atoms with Crippen LogP contribution in [0.25, 0.3) is 0 Å². The first-order valence-electron chi connectivity index (χ1n) is 8.41. The van der Waals surface area contributed by atoms with Crippen molar-refractivity contribution in [1.29, 1.82) is 0 Å². The highest BCUT2D eigenvalue weighted by molar-refractivity contribution is 8.00. The highest BCUT2D eigenvalue weighted by Crippen LogP contribution is 2.40. The van der Waals surface area contributed by atoms with Crippen molar-refractivity contribution in [3.63, 3.8) is 0 Å². The predicted octanol–water partition coefficient (Wildman–Crippen LogP) is 3.96. The largest absolute Gasteiger partial charge is 0.433 e. The van der Waals surface area contributed by atoms with E-state index in [-0.39, 0.29) is 42.2 Å². The van der Waals surface area contributed by atoms with Crippen LogP contribution in [-0.4, -0.2) is 28.2 Å². The zero-order valence-corrected chi connectivity index (χ0v) is 15.0. The molecule has 2 aromatic rings. The Morgan fingerprint density at radius 2 is 1.89 bits per heavy atom. The van der Waals surface area contributed by atoms with Gasteiger partial charge in [-0.1, -0.05) is 0 Å². The Hall–Kier alpha value is -2.16. The number of carbonyl (C=O) groups excluding carboxylic acids is 1. The normalized spacial score (nSPS) is 14.2. The molecule has 0 saturated heterocycles. The summed E-state index contributed by atoms with van der Waals surface area (Å²) in [6, 6.07) is 6.77. The van der Waals surface area contributed by atoms with E-state index in [1.807, 2.05) is 0 Å². The molecule has 0 bridgehead atoms. The molecule has 0 spiro atoms. The number of halogens is 4. The Morgan fingerprint density at radius 3 is 2.52 bits per heavy atom. The Kier molecular flexibility index (Phi) is 5.98. The fraction of sp³-hybridized carbons (Fsp3) is 0.389. The van der Waals surface area contributed by atoms with Crippen molar-refractivity contribution in [3.05, 3.63) is 53.4 Å². The summed E-state index contributed by atoms with van der Waals surface area (Å²) < 4.78 is 51.8. The first kappa shape index (κ1) is 19.6. The third-order valence-corrected chi connectivity index (χ3v) is 4.94. The number of thioether (sulfide) groups is 1. The molecule has 0 unspecified atom stereocenters. The minimum atomic E-state index is -4.52. The Morgan fingerprint density at radius 1 is 1.19 bits per heavy atom. The Balaban J connectivity index is 1.51. The standard InChI is InChI=1S/C18H17F4N3OS/c19-12-3-5-13(6-4-12)27-10-17(26)23-8-7-16-24-14(11-1-2-11)9-15(25-16)18(20,21)22/h3-6,9,11H,1-2,7-8,10H2,(H,23,26). The van der Waals surface area contributed by atoms with Crippen LogP contribution >= 0.6 is 11.8 Å². The summed E-state index contributed by atoms with van der Waals surface area (Å²) in [5, 5.41) is 2.64. The van der Waals surface area contributed by atoms with Gasteiger partial charge in [-0.25, -0.2) is 14.4 Å². The van der Waals surface area contributed by atoms with E-state index in [9.17, 15) is 22.4 Å². The van der Waals surface area contributed by atoms with E-state index in [4.69, 9.17) is 0 Å². The second-order valence-corrected chi connectivity index (χ2v) is 7.26. The maximum Gasteiger partial charge on any atom is 0.433 e. The number of carbonyl (C=O) groups is 1. The predicted molar refractivity (Wildman–Crippen MR) is 92.8 cm³/mol. The molecule has 0 radical (unpaired) electrons. The summed E-state index contributed by atoms with van der Waals surface area (Å²) in [7, 11) is 0. The van der Waals surface area contributed by atoms with Crippen molar-refractivity contribution < 1.29 is 22.4 Å². The minimum absolute atomic E-state index is 0.0783. The molecule has 27 heavy (non-hydrogen) atoms. The molecule has 1 saturated carbocycles. The van der Waals surface area contributed by atoms with Gasteiger partial charge in [0.05, 0.1) is 5.75 Å².